The average molecular weight is 772 g/mol. The van der Waals surface area contributed by atoms with Crippen molar-refractivity contribution in [2.75, 3.05) is 4.90 Å². The highest BCUT2D eigenvalue weighted by Crippen LogP contribution is 2.70. The average Bonchev–Trinajstić information content (AvgIpc) is 3.46. The zero-order valence-corrected chi connectivity index (χ0v) is 35.7. The molecule has 7 aliphatic rings. The van der Waals surface area contributed by atoms with Gasteiger partial charge in [0.25, 0.3) is 0 Å². The maximum atomic E-state index is 7.43. The molecule has 0 radical (unpaired) electrons. The molecule has 4 saturated carbocycles. The molecule has 1 heterocycles. The van der Waals surface area contributed by atoms with Gasteiger partial charge in [-0.25, -0.2) is 0 Å². The van der Waals surface area contributed by atoms with Gasteiger partial charge < -0.3 is 9.64 Å². The fraction of sp³-hybridized carbons (Fsp3) is 0.368. The van der Waals surface area contributed by atoms with Crippen LogP contribution in [0.5, 0.6) is 11.5 Å². The van der Waals surface area contributed by atoms with Gasteiger partial charge in [-0.1, -0.05) is 133 Å². The molecule has 0 saturated heterocycles. The normalized spacial score (nSPS) is 26.6. The molecule has 0 amide bonds. The third kappa shape index (κ3) is 4.98. The first kappa shape index (κ1) is 35.8. The fourth-order valence-corrected chi connectivity index (χ4v) is 14.0. The van der Waals surface area contributed by atoms with Gasteiger partial charge in [-0.05, 0) is 149 Å². The summed E-state index contributed by atoms with van der Waals surface area (Å²) in [6.07, 6.45) is 9.18. The Bertz CT molecular complexity index is 2670. The smallest absolute Gasteiger partial charge is 0.139 e. The van der Waals surface area contributed by atoms with Crippen molar-refractivity contribution in [2.45, 2.75) is 108 Å². The number of hydrogen-bond donors (Lipinski definition) is 0. The van der Waals surface area contributed by atoms with Gasteiger partial charge in [-0.3, -0.25) is 0 Å². The van der Waals surface area contributed by atoms with Gasteiger partial charge in [0.05, 0.1) is 0 Å². The molecule has 2 heteroatoms. The van der Waals surface area contributed by atoms with Crippen LogP contribution in [0, 0.1) is 23.7 Å². The van der Waals surface area contributed by atoms with Crippen LogP contribution in [0.15, 0.2) is 127 Å². The summed E-state index contributed by atoms with van der Waals surface area (Å²) in [5, 5.41) is 0. The van der Waals surface area contributed by atoms with Gasteiger partial charge in [-0.15, -0.1) is 0 Å². The molecule has 6 aromatic rings. The topological polar surface area (TPSA) is 12.5 Å². The molecule has 0 N–H and O–H groups in total. The SMILES string of the molecule is CC1(C)CCC(C)(C)c2cc(N(c3ccc4c(c3)Oc3c(-c5ccccc5)cccc3C43C4CC5CC(C4)CC3C5)c3ccc4c(c3)C(C)(C)c3ccccc3-4)ccc21. The fourth-order valence-electron chi connectivity index (χ4n) is 14.0. The van der Waals surface area contributed by atoms with Crippen LogP contribution >= 0.6 is 0 Å². The van der Waals surface area contributed by atoms with Crippen LogP contribution in [0.25, 0.3) is 22.3 Å². The number of benzene rings is 6. The number of rotatable bonds is 4. The molecule has 1 aliphatic heterocycles. The summed E-state index contributed by atoms with van der Waals surface area (Å²) in [7, 11) is 0. The van der Waals surface area contributed by atoms with E-state index < -0.39 is 0 Å². The van der Waals surface area contributed by atoms with Crippen molar-refractivity contribution < 1.29 is 4.74 Å². The summed E-state index contributed by atoms with van der Waals surface area (Å²) in [6.45, 7) is 14.6. The summed E-state index contributed by atoms with van der Waals surface area (Å²) in [4.78, 5) is 2.54. The number of anilines is 3. The summed E-state index contributed by atoms with van der Waals surface area (Å²) < 4.78 is 7.43. The second-order valence-corrected chi connectivity index (χ2v) is 21.2. The van der Waals surface area contributed by atoms with Crippen molar-refractivity contribution in [3.05, 3.63) is 161 Å². The highest BCUT2D eigenvalue weighted by Gasteiger charge is 2.61. The van der Waals surface area contributed by atoms with E-state index >= 15 is 0 Å². The third-order valence-electron chi connectivity index (χ3n) is 16.8. The standard InChI is InChI=1S/C57H57NO/c1-54(2)25-26-55(3,4)51-33-41(20-23-47(51)54)58(40-19-22-45-44-15-10-11-17-46(44)56(5,6)50(45)32-40)42-21-24-48-52(34-42)59-53-43(37-13-8-7-9-14-37)16-12-18-49(53)57(48)38-28-35-27-36(30-38)31-39(57)29-35/h7-24,32-36,38-39H,25-31H2,1-6H3. The number of hydrogen-bond acceptors (Lipinski definition) is 2. The van der Waals surface area contributed by atoms with Crippen molar-refractivity contribution >= 4 is 17.1 Å². The molecule has 1 spiro atoms. The third-order valence-corrected chi connectivity index (χ3v) is 16.8. The van der Waals surface area contributed by atoms with Gasteiger partial charge in [-0.2, -0.15) is 0 Å². The monoisotopic (exact) mass is 771 g/mol. The Morgan fingerprint density at radius 1 is 0.458 bits per heavy atom. The Morgan fingerprint density at radius 2 is 1.02 bits per heavy atom. The van der Waals surface area contributed by atoms with E-state index in [4.69, 9.17) is 4.74 Å². The Labute approximate surface area is 351 Å². The van der Waals surface area contributed by atoms with Crippen molar-refractivity contribution in [3.8, 4) is 33.8 Å². The first-order chi connectivity index (χ1) is 28.4. The van der Waals surface area contributed by atoms with Crippen molar-refractivity contribution in [1.82, 2.24) is 0 Å². The summed E-state index contributed by atoms with van der Waals surface area (Å²) >= 11 is 0. The van der Waals surface area contributed by atoms with Crippen LogP contribution < -0.4 is 9.64 Å². The van der Waals surface area contributed by atoms with E-state index in [-0.39, 0.29) is 21.7 Å². The lowest BCUT2D eigenvalue weighted by Crippen LogP contribution is -2.57. The van der Waals surface area contributed by atoms with Gasteiger partial charge in [0.15, 0.2) is 0 Å². The summed E-state index contributed by atoms with van der Waals surface area (Å²) in [5.74, 6) is 5.15. The minimum absolute atomic E-state index is 0.0325. The van der Waals surface area contributed by atoms with Crippen LogP contribution in [0.4, 0.5) is 17.1 Å². The summed E-state index contributed by atoms with van der Waals surface area (Å²) in [5.41, 5.74) is 17.5. The Hall–Kier alpha value is -5.08. The molecule has 0 atom stereocenters. The Balaban J connectivity index is 1.08. The molecule has 6 aliphatic carbocycles. The van der Waals surface area contributed by atoms with E-state index in [0.29, 0.717) is 11.8 Å². The van der Waals surface area contributed by atoms with E-state index in [1.165, 1.54) is 112 Å². The highest BCUT2D eigenvalue weighted by atomic mass is 16.5. The van der Waals surface area contributed by atoms with Crippen molar-refractivity contribution in [2.24, 2.45) is 23.7 Å². The van der Waals surface area contributed by atoms with Gasteiger partial charge in [0.2, 0.25) is 0 Å². The van der Waals surface area contributed by atoms with E-state index in [9.17, 15) is 0 Å². The van der Waals surface area contributed by atoms with Crippen LogP contribution in [-0.4, -0.2) is 0 Å². The second kappa shape index (κ2) is 12.2. The first-order valence-electron chi connectivity index (χ1n) is 22.6. The molecule has 59 heavy (non-hydrogen) atoms. The number of nitrogens with zero attached hydrogens (tertiary/aromatic N) is 1. The molecule has 6 aromatic carbocycles. The minimum Gasteiger partial charge on any atom is -0.456 e. The molecule has 4 fully saturated rings. The summed E-state index contributed by atoms with van der Waals surface area (Å²) in [6, 6.07) is 49.0. The molecular formula is C57H57NO. The lowest BCUT2D eigenvalue weighted by atomic mass is 9.41. The quantitative estimate of drug-likeness (QED) is 0.177. The Morgan fingerprint density at radius 3 is 1.75 bits per heavy atom. The lowest BCUT2D eigenvalue weighted by molar-refractivity contribution is -0.0451. The van der Waals surface area contributed by atoms with Crippen molar-refractivity contribution in [3.63, 3.8) is 0 Å². The molecule has 296 valence electrons. The molecule has 0 aromatic heterocycles. The minimum atomic E-state index is -0.0994. The van der Waals surface area contributed by atoms with E-state index in [2.05, 4.69) is 174 Å². The predicted octanol–water partition coefficient (Wildman–Crippen LogP) is 15.3. The van der Waals surface area contributed by atoms with E-state index in [0.717, 1.165) is 29.0 Å². The molecule has 4 bridgehead atoms. The van der Waals surface area contributed by atoms with Crippen molar-refractivity contribution in [1.29, 1.82) is 0 Å². The lowest BCUT2D eigenvalue weighted by Gasteiger charge is -2.63. The first-order valence-corrected chi connectivity index (χ1v) is 22.6. The van der Waals surface area contributed by atoms with Gasteiger partial charge >= 0.3 is 0 Å². The van der Waals surface area contributed by atoms with Crippen LogP contribution in [0.3, 0.4) is 0 Å². The van der Waals surface area contributed by atoms with Gasteiger partial charge in [0, 0.05) is 50.6 Å². The largest absolute Gasteiger partial charge is 0.456 e. The van der Waals surface area contributed by atoms with Gasteiger partial charge in [0.1, 0.15) is 11.5 Å². The zero-order chi connectivity index (χ0) is 40.1. The molecule has 2 nitrogen and oxygen atoms in total. The second-order valence-electron chi connectivity index (χ2n) is 21.2. The maximum absolute atomic E-state index is 7.43. The zero-order valence-electron chi connectivity index (χ0n) is 35.7. The number of ether oxygens (including phenoxy) is 1. The number of fused-ring (bicyclic) bond motifs is 6. The predicted molar refractivity (Wildman–Crippen MR) is 244 cm³/mol. The van der Waals surface area contributed by atoms with Crippen LogP contribution in [0.1, 0.15) is 120 Å². The molecule has 13 rings (SSSR count). The van der Waals surface area contributed by atoms with E-state index in [1.54, 1.807) is 0 Å². The molecular weight excluding hydrogens is 715 g/mol. The van der Waals surface area contributed by atoms with Crippen LogP contribution in [-0.2, 0) is 21.7 Å². The number of para-hydroxylation sites is 1. The Kier molecular flexibility index (Phi) is 7.44. The maximum Gasteiger partial charge on any atom is 0.139 e. The highest BCUT2D eigenvalue weighted by molar-refractivity contribution is 5.87. The molecule has 0 unspecified atom stereocenters. The van der Waals surface area contributed by atoms with E-state index in [1.807, 2.05) is 0 Å². The van der Waals surface area contributed by atoms with Crippen LogP contribution in [0.2, 0.25) is 0 Å².